The van der Waals surface area contributed by atoms with E-state index in [1.807, 2.05) is 32.7 Å². The van der Waals surface area contributed by atoms with Gasteiger partial charge in [-0.15, -0.1) is 0 Å². The third-order valence-electron chi connectivity index (χ3n) is 3.33. The van der Waals surface area contributed by atoms with E-state index < -0.39 is 0 Å². The van der Waals surface area contributed by atoms with Gasteiger partial charge < -0.3 is 19.9 Å². The summed E-state index contributed by atoms with van der Waals surface area (Å²) in [6.07, 6.45) is 1.80. The molecular weight excluding hydrogens is 332 g/mol. The molecule has 0 aromatic carbocycles. The van der Waals surface area contributed by atoms with Crippen molar-refractivity contribution in [3.05, 3.63) is 17.7 Å². The van der Waals surface area contributed by atoms with Crippen molar-refractivity contribution >= 4 is 12.4 Å². The molecule has 2 N–H and O–H groups in total. The second-order valence-electron chi connectivity index (χ2n) is 6.47. The number of amides is 1. The van der Waals surface area contributed by atoms with Gasteiger partial charge in [0.05, 0.1) is 19.7 Å². The van der Waals surface area contributed by atoms with Crippen LogP contribution in [0.1, 0.15) is 53.1 Å². The van der Waals surface area contributed by atoms with Gasteiger partial charge in [-0.3, -0.25) is 9.59 Å². The van der Waals surface area contributed by atoms with Crippen LogP contribution in [0.3, 0.4) is 0 Å². The minimum atomic E-state index is -0.148. The summed E-state index contributed by atoms with van der Waals surface area (Å²) in [7, 11) is 3.15. The van der Waals surface area contributed by atoms with Crippen LogP contribution in [-0.2, 0) is 20.9 Å². The van der Waals surface area contributed by atoms with E-state index in [0.29, 0.717) is 18.9 Å². The number of nitrogens with zero attached hydrogens (tertiary/aromatic N) is 2. The molecule has 0 saturated carbocycles. The fourth-order valence-corrected chi connectivity index (χ4v) is 2.34. The summed E-state index contributed by atoms with van der Waals surface area (Å²) in [4.78, 5) is 31.0. The van der Waals surface area contributed by atoms with Crippen molar-refractivity contribution in [1.29, 1.82) is 0 Å². The SMILES string of the molecule is CC.CNC(C(=O)N(Cc1ncc(C)[nH]1)CC(C)C)C(C)C.COC=O. The third-order valence-corrected chi connectivity index (χ3v) is 3.33. The Hall–Kier alpha value is -1.89. The second kappa shape index (κ2) is 15.4. The fourth-order valence-electron chi connectivity index (χ4n) is 2.34. The second-order valence-corrected chi connectivity index (χ2v) is 6.47. The lowest BCUT2D eigenvalue weighted by Crippen LogP contribution is -2.48. The number of aryl methyl sites for hydroxylation is 1. The first-order valence-corrected chi connectivity index (χ1v) is 9.19. The summed E-state index contributed by atoms with van der Waals surface area (Å²) in [5, 5.41) is 3.12. The molecule has 0 bridgehead atoms. The maximum Gasteiger partial charge on any atom is 0.292 e. The van der Waals surface area contributed by atoms with Crippen LogP contribution < -0.4 is 5.32 Å². The number of imidazole rings is 1. The lowest BCUT2D eigenvalue weighted by atomic mass is 10.0. The molecule has 0 aliphatic carbocycles. The van der Waals surface area contributed by atoms with Crippen LogP contribution in [0.5, 0.6) is 0 Å². The van der Waals surface area contributed by atoms with Crippen molar-refractivity contribution in [3.63, 3.8) is 0 Å². The third kappa shape index (κ3) is 10.9. The molecule has 1 aromatic rings. The highest BCUT2D eigenvalue weighted by Gasteiger charge is 2.26. The average molecular weight is 371 g/mol. The van der Waals surface area contributed by atoms with Crippen molar-refractivity contribution in [3.8, 4) is 0 Å². The van der Waals surface area contributed by atoms with Crippen LogP contribution in [0.2, 0.25) is 0 Å². The van der Waals surface area contributed by atoms with Crippen molar-refractivity contribution in [1.82, 2.24) is 20.2 Å². The number of nitrogens with one attached hydrogen (secondary N) is 2. The molecule has 0 fully saturated rings. The number of hydrogen-bond donors (Lipinski definition) is 2. The highest BCUT2D eigenvalue weighted by atomic mass is 16.5. The summed E-state index contributed by atoms with van der Waals surface area (Å²) < 4.78 is 3.86. The Morgan fingerprint density at radius 2 is 1.88 bits per heavy atom. The molecule has 1 atom stereocenters. The van der Waals surface area contributed by atoms with E-state index in [-0.39, 0.29) is 17.9 Å². The van der Waals surface area contributed by atoms with Crippen LogP contribution in [0.15, 0.2) is 6.20 Å². The Balaban J connectivity index is 0. The Morgan fingerprint density at radius 1 is 1.35 bits per heavy atom. The van der Waals surface area contributed by atoms with Gasteiger partial charge in [0.1, 0.15) is 5.82 Å². The van der Waals surface area contributed by atoms with E-state index in [1.54, 1.807) is 6.20 Å². The van der Waals surface area contributed by atoms with Crippen LogP contribution in [0.25, 0.3) is 0 Å². The molecule has 0 aliphatic heterocycles. The van der Waals surface area contributed by atoms with E-state index in [2.05, 4.69) is 47.7 Å². The maximum atomic E-state index is 12.7. The first-order valence-electron chi connectivity index (χ1n) is 9.19. The van der Waals surface area contributed by atoms with Crippen LogP contribution >= 0.6 is 0 Å². The zero-order valence-corrected chi connectivity index (χ0v) is 17.9. The Bertz CT molecular complexity index is 487. The summed E-state index contributed by atoms with van der Waals surface area (Å²) in [6, 6.07) is -0.148. The lowest BCUT2D eigenvalue weighted by Gasteiger charge is -2.29. The number of carbonyl (C=O) groups is 2. The predicted octanol–water partition coefficient (Wildman–Crippen LogP) is 2.76. The number of aromatic amines is 1. The number of carbonyl (C=O) groups excluding carboxylic acids is 2. The fraction of sp³-hybridized carbons (Fsp3) is 0.737. The van der Waals surface area contributed by atoms with Gasteiger partial charge in [-0.2, -0.15) is 0 Å². The van der Waals surface area contributed by atoms with Gasteiger partial charge in [0.25, 0.3) is 6.47 Å². The molecule has 1 rings (SSSR count). The van der Waals surface area contributed by atoms with Crippen molar-refractivity contribution in [2.45, 2.75) is 61.1 Å². The first kappa shape index (κ1) is 26.3. The minimum Gasteiger partial charge on any atom is -0.471 e. The van der Waals surface area contributed by atoms with Gasteiger partial charge in [-0.05, 0) is 25.8 Å². The maximum absolute atomic E-state index is 12.7. The average Bonchev–Trinajstić information content (AvgIpc) is 3.01. The minimum absolute atomic E-state index is 0.144. The molecular formula is C19H38N4O3. The van der Waals surface area contributed by atoms with E-state index in [0.717, 1.165) is 18.1 Å². The van der Waals surface area contributed by atoms with Crippen molar-refractivity contribution in [2.75, 3.05) is 20.7 Å². The number of H-pyrrole nitrogens is 1. The summed E-state index contributed by atoms with van der Waals surface area (Å²) in [5.41, 5.74) is 1.02. The van der Waals surface area contributed by atoms with Crippen LogP contribution in [-0.4, -0.2) is 54.0 Å². The summed E-state index contributed by atoms with van der Waals surface area (Å²) in [5.74, 6) is 1.68. The van der Waals surface area contributed by atoms with Gasteiger partial charge >= 0.3 is 0 Å². The molecule has 26 heavy (non-hydrogen) atoms. The molecule has 7 heteroatoms. The zero-order valence-electron chi connectivity index (χ0n) is 17.9. The Labute approximate surface area is 158 Å². The molecule has 0 aliphatic rings. The molecule has 7 nitrogen and oxygen atoms in total. The van der Waals surface area contributed by atoms with Gasteiger partial charge in [0.2, 0.25) is 5.91 Å². The molecule has 152 valence electrons. The van der Waals surface area contributed by atoms with E-state index in [9.17, 15) is 4.79 Å². The molecule has 0 spiro atoms. The summed E-state index contributed by atoms with van der Waals surface area (Å²) >= 11 is 0. The molecule has 0 saturated heterocycles. The van der Waals surface area contributed by atoms with E-state index in [4.69, 9.17) is 4.79 Å². The van der Waals surface area contributed by atoms with Gasteiger partial charge in [-0.1, -0.05) is 41.5 Å². The smallest absolute Gasteiger partial charge is 0.292 e. The van der Waals surface area contributed by atoms with E-state index in [1.165, 1.54) is 7.11 Å². The van der Waals surface area contributed by atoms with Gasteiger partial charge in [-0.25, -0.2) is 4.98 Å². The molecule has 1 aromatic heterocycles. The molecule has 1 unspecified atom stereocenters. The number of aromatic nitrogens is 2. The lowest BCUT2D eigenvalue weighted by molar-refractivity contribution is -0.135. The van der Waals surface area contributed by atoms with Crippen molar-refractivity contribution < 1.29 is 14.3 Å². The standard InChI is InChI=1S/C15H28N4O.C2H4O2.C2H6/c1-10(2)8-19(9-13-17-7-12(5)18-13)15(20)14(16-6)11(3)4;1-4-2-3;1-2/h7,10-11,14,16H,8-9H2,1-6H3,(H,17,18);2H,1H3;1-2H3. The Morgan fingerprint density at radius 3 is 2.19 bits per heavy atom. The topological polar surface area (TPSA) is 87.3 Å². The monoisotopic (exact) mass is 370 g/mol. The zero-order chi connectivity index (χ0) is 20.7. The van der Waals surface area contributed by atoms with Crippen LogP contribution in [0.4, 0.5) is 0 Å². The van der Waals surface area contributed by atoms with Gasteiger partial charge in [0.15, 0.2) is 0 Å². The summed E-state index contributed by atoms with van der Waals surface area (Å²) in [6.45, 7) is 16.0. The number of hydrogen-bond acceptors (Lipinski definition) is 5. The first-order chi connectivity index (χ1) is 12.3. The van der Waals surface area contributed by atoms with Crippen LogP contribution in [0, 0.1) is 18.8 Å². The number of methoxy groups -OCH3 is 1. The van der Waals surface area contributed by atoms with Crippen molar-refractivity contribution in [2.24, 2.45) is 11.8 Å². The highest BCUT2D eigenvalue weighted by Crippen LogP contribution is 2.11. The molecule has 1 heterocycles. The highest BCUT2D eigenvalue weighted by molar-refractivity contribution is 5.82. The largest absolute Gasteiger partial charge is 0.471 e. The molecule has 0 radical (unpaired) electrons. The van der Waals surface area contributed by atoms with E-state index >= 15 is 0 Å². The number of rotatable bonds is 8. The normalized spacial score (nSPS) is 11.0. The Kier molecular flexibility index (Phi) is 15.6. The number of likely N-dealkylation sites (N-methyl/N-ethyl adjacent to an activating group) is 1. The van der Waals surface area contributed by atoms with Gasteiger partial charge in [0, 0.05) is 18.4 Å². The molecule has 1 amide bonds. The number of ether oxygens (including phenoxy) is 1. The quantitative estimate of drug-likeness (QED) is 0.687. The predicted molar refractivity (Wildman–Crippen MR) is 106 cm³/mol.